The number of hydrogen-bond acceptors (Lipinski definition) is 4. The SMILES string of the molecule is CN(C(=O)c1ccc(=O)[nH]c1)[C@@H]1CNC[C@H]1O. The molecule has 2 atom stereocenters. The lowest BCUT2D eigenvalue weighted by atomic mass is 10.1. The molecule has 0 spiro atoms. The normalized spacial score (nSPS) is 23.6. The van der Waals surface area contributed by atoms with Crippen molar-refractivity contribution in [1.82, 2.24) is 15.2 Å². The molecule has 3 N–H and O–H groups in total. The van der Waals surface area contributed by atoms with Gasteiger partial charge in [-0.3, -0.25) is 9.59 Å². The number of aromatic amines is 1. The molecule has 1 aromatic heterocycles. The van der Waals surface area contributed by atoms with Gasteiger partial charge in [0.05, 0.1) is 17.7 Å². The number of aliphatic hydroxyl groups is 1. The van der Waals surface area contributed by atoms with E-state index < -0.39 is 6.10 Å². The van der Waals surface area contributed by atoms with Gasteiger partial charge in [-0.25, -0.2) is 0 Å². The topological polar surface area (TPSA) is 85.4 Å². The second-order valence-corrected chi connectivity index (χ2v) is 4.15. The number of nitrogens with one attached hydrogen (secondary N) is 2. The predicted molar refractivity (Wildman–Crippen MR) is 61.8 cm³/mol. The minimum Gasteiger partial charge on any atom is -0.390 e. The fourth-order valence-corrected chi connectivity index (χ4v) is 1.94. The van der Waals surface area contributed by atoms with Gasteiger partial charge in [-0.05, 0) is 6.07 Å². The van der Waals surface area contributed by atoms with Crippen molar-refractivity contribution in [3.8, 4) is 0 Å². The van der Waals surface area contributed by atoms with Crippen molar-refractivity contribution in [2.24, 2.45) is 0 Å². The van der Waals surface area contributed by atoms with Gasteiger partial charge in [0.15, 0.2) is 0 Å². The Balaban J connectivity index is 2.14. The number of likely N-dealkylation sites (N-methyl/N-ethyl adjacent to an activating group) is 1. The number of aliphatic hydroxyl groups excluding tert-OH is 1. The lowest BCUT2D eigenvalue weighted by Crippen LogP contribution is -2.44. The van der Waals surface area contributed by atoms with E-state index in [1.54, 1.807) is 7.05 Å². The summed E-state index contributed by atoms with van der Waals surface area (Å²) in [6.45, 7) is 1.07. The number of pyridine rings is 1. The quantitative estimate of drug-likeness (QED) is 0.602. The number of carbonyl (C=O) groups is 1. The molecule has 1 saturated heterocycles. The summed E-state index contributed by atoms with van der Waals surface area (Å²) in [6, 6.07) is 2.56. The minimum absolute atomic E-state index is 0.214. The van der Waals surface area contributed by atoms with Crippen molar-refractivity contribution in [1.29, 1.82) is 0 Å². The lowest BCUT2D eigenvalue weighted by molar-refractivity contribution is 0.0581. The van der Waals surface area contributed by atoms with Crippen LogP contribution in [0.2, 0.25) is 0 Å². The van der Waals surface area contributed by atoms with Crippen molar-refractivity contribution in [2.45, 2.75) is 12.1 Å². The van der Waals surface area contributed by atoms with E-state index in [1.165, 1.54) is 23.2 Å². The zero-order valence-corrected chi connectivity index (χ0v) is 9.51. The molecule has 6 heteroatoms. The summed E-state index contributed by atoms with van der Waals surface area (Å²) in [5.74, 6) is -0.214. The summed E-state index contributed by atoms with van der Waals surface area (Å²) in [6.07, 6.45) is 0.836. The van der Waals surface area contributed by atoms with E-state index in [-0.39, 0.29) is 17.5 Å². The average molecular weight is 237 g/mol. The zero-order valence-electron chi connectivity index (χ0n) is 9.51. The minimum atomic E-state index is -0.549. The standard InChI is InChI=1S/C11H15N3O3/c1-14(8-5-12-6-9(8)15)11(17)7-2-3-10(16)13-4-7/h2-4,8-9,12,15H,5-6H2,1H3,(H,13,16)/t8-,9-/m1/s1. The molecule has 6 nitrogen and oxygen atoms in total. The first kappa shape index (κ1) is 11.8. The zero-order chi connectivity index (χ0) is 12.4. The van der Waals surface area contributed by atoms with E-state index in [0.29, 0.717) is 18.7 Å². The van der Waals surface area contributed by atoms with Gasteiger partial charge < -0.3 is 20.3 Å². The molecule has 1 aliphatic heterocycles. The van der Waals surface area contributed by atoms with Crippen molar-refractivity contribution >= 4 is 5.91 Å². The fourth-order valence-electron chi connectivity index (χ4n) is 1.94. The monoisotopic (exact) mass is 237 g/mol. The smallest absolute Gasteiger partial charge is 0.255 e. The molecule has 2 rings (SSSR count). The molecular formula is C11H15N3O3. The molecule has 0 aliphatic carbocycles. The van der Waals surface area contributed by atoms with E-state index in [4.69, 9.17) is 0 Å². The van der Waals surface area contributed by atoms with Crippen molar-refractivity contribution < 1.29 is 9.90 Å². The maximum atomic E-state index is 12.1. The second kappa shape index (κ2) is 4.68. The summed E-state index contributed by atoms with van der Waals surface area (Å²) in [5, 5.41) is 12.7. The van der Waals surface area contributed by atoms with Gasteiger partial charge in [0.1, 0.15) is 0 Å². The Kier molecular flexibility index (Phi) is 3.26. The van der Waals surface area contributed by atoms with Gasteiger partial charge in [-0.1, -0.05) is 0 Å². The highest BCUT2D eigenvalue weighted by molar-refractivity contribution is 5.94. The molecule has 0 saturated carbocycles. The van der Waals surface area contributed by atoms with Gasteiger partial charge in [-0.15, -0.1) is 0 Å². The number of H-pyrrole nitrogens is 1. The number of aromatic nitrogens is 1. The predicted octanol–water partition coefficient (Wildman–Crippen LogP) is -1.22. The van der Waals surface area contributed by atoms with Crippen LogP contribution in [-0.2, 0) is 0 Å². The Bertz CT molecular complexity index is 451. The first-order valence-corrected chi connectivity index (χ1v) is 5.44. The van der Waals surface area contributed by atoms with Crippen molar-refractivity contribution in [3.63, 3.8) is 0 Å². The molecule has 1 aliphatic rings. The molecule has 17 heavy (non-hydrogen) atoms. The third-order valence-corrected chi connectivity index (χ3v) is 3.00. The number of carbonyl (C=O) groups excluding carboxylic acids is 1. The van der Waals surface area contributed by atoms with E-state index in [1.807, 2.05) is 0 Å². The average Bonchev–Trinajstić information content (AvgIpc) is 2.74. The molecule has 1 aromatic rings. The van der Waals surface area contributed by atoms with Crippen LogP contribution in [0, 0.1) is 0 Å². The van der Waals surface area contributed by atoms with E-state index in [0.717, 1.165) is 0 Å². The summed E-state index contributed by atoms with van der Waals surface area (Å²) in [5.41, 5.74) is 0.165. The molecule has 0 unspecified atom stereocenters. The van der Waals surface area contributed by atoms with Gasteiger partial charge >= 0.3 is 0 Å². The van der Waals surface area contributed by atoms with Crippen LogP contribution < -0.4 is 10.9 Å². The molecule has 0 radical (unpaired) electrons. The third kappa shape index (κ3) is 2.37. The Hall–Kier alpha value is -1.66. The van der Waals surface area contributed by atoms with Gasteiger partial charge in [0.2, 0.25) is 5.56 Å². The van der Waals surface area contributed by atoms with Crippen molar-refractivity contribution in [3.05, 3.63) is 34.2 Å². The Morgan fingerprint density at radius 3 is 2.76 bits per heavy atom. The van der Waals surface area contributed by atoms with Crippen LogP contribution in [0.25, 0.3) is 0 Å². The van der Waals surface area contributed by atoms with Crippen molar-refractivity contribution in [2.75, 3.05) is 20.1 Å². The Morgan fingerprint density at radius 2 is 2.24 bits per heavy atom. The van der Waals surface area contributed by atoms with Crippen LogP contribution >= 0.6 is 0 Å². The molecule has 1 fully saturated rings. The highest BCUT2D eigenvalue weighted by Crippen LogP contribution is 2.10. The summed E-state index contributed by atoms with van der Waals surface area (Å²) < 4.78 is 0. The summed E-state index contributed by atoms with van der Waals surface area (Å²) >= 11 is 0. The van der Waals surface area contributed by atoms with Crippen LogP contribution in [-0.4, -0.2) is 53.2 Å². The summed E-state index contributed by atoms with van der Waals surface area (Å²) in [7, 11) is 1.65. The molecule has 0 aromatic carbocycles. The molecule has 0 bridgehead atoms. The van der Waals surface area contributed by atoms with Crippen LogP contribution in [0.3, 0.4) is 0 Å². The second-order valence-electron chi connectivity index (χ2n) is 4.15. The molecular weight excluding hydrogens is 222 g/mol. The number of rotatable bonds is 2. The highest BCUT2D eigenvalue weighted by Gasteiger charge is 2.31. The van der Waals surface area contributed by atoms with Gasteiger partial charge in [0, 0.05) is 32.4 Å². The maximum absolute atomic E-state index is 12.1. The van der Waals surface area contributed by atoms with Crippen LogP contribution in [0.1, 0.15) is 10.4 Å². The Labute approximate surface area is 98.3 Å². The molecule has 1 amide bonds. The van der Waals surface area contributed by atoms with E-state index in [2.05, 4.69) is 10.3 Å². The first-order chi connectivity index (χ1) is 8.09. The lowest BCUT2D eigenvalue weighted by Gasteiger charge is -2.26. The number of hydrogen-bond donors (Lipinski definition) is 3. The van der Waals surface area contributed by atoms with Crippen LogP contribution in [0.4, 0.5) is 0 Å². The number of β-amino-alcohol motifs (C(OH)–C–C–N with tert-alkyl or cyclic N) is 1. The largest absolute Gasteiger partial charge is 0.390 e. The van der Waals surface area contributed by atoms with Gasteiger partial charge in [-0.2, -0.15) is 0 Å². The first-order valence-electron chi connectivity index (χ1n) is 5.44. The fraction of sp³-hybridized carbons (Fsp3) is 0.455. The summed E-state index contributed by atoms with van der Waals surface area (Å²) in [4.78, 5) is 26.9. The van der Waals surface area contributed by atoms with Crippen LogP contribution in [0.15, 0.2) is 23.1 Å². The number of nitrogens with zero attached hydrogens (tertiary/aromatic N) is 1. The molecule has 92 valence electrons. The highest BCUT2D eigenvalue weighted by atomic mass is 16.3. The molecule has 2 heterocycles. The van der Waals surface area contributed by atoms with E-state index in [9.17, 15) is 14.7 Å². The van der Waals surface area contributed by atoms with Gasteiger partial charge in [0.25, 0.3) is 5.91 Å². The maximum Gasteiger partial charge on any atom is 0.255 e. The Morgan fingerprint density at radius 1 is 1.47 bits per heavy atom. The van der Waals surface area contributed by atoms with E-state index >= 15 is 0 Å². The van der Waals surface area contributed by atoms with Crippen LogP contribution in [0.5, 0.6) is 0 Å². The number of amides is 1. The third-order valence-electron chi connectivity index (χ3n) is 3.00.